The highest BCUT2D eigenvalue weighted by atomic mass is 16.5. The number of hydrogen-bond acceptors (Lipinski definition) is 10. The van der Waals surface area contributed by atoms with Gasteiger partial charge in [0.2, 0.25) is 0 Å². The quantitative estimate of drug-likeness (QED) is 0.390. The minimum absolute atomic E-state index is 0.0484. The van der Waals surface area contributed by atoms with E-state index < -0.39 is 12.3 Å². The van der Waals surface area contributed by atoms with E-state index in [1.807, 2.05) is 0 Å². The first-order valence-electron chi connectivity index (χ1n) is 10.1. The Labute approximate surface area is 174 Å². The molecule has 2 atom stereocenters. The average Bonchev–Trinajstić information content (AvgIpc) is 3.40. The van der Waals surface area contributed by atoms with Crippen molar-refractivity contribution in [3.05, 3.63) is 23.8 Å². The molecule has 0 radical (unpaired) electrons. The van der Waals surface area contributed by atoms with Crippen molar-refractivity contribution in [1.82, 2.24) is 21.3 Å². The van der Waals surface area contributed by atoms with Gasteiger partial charge in [0.15, 0.2) is 23.9 Å². The number of nitrogens with one attached hydrogen (secondary N) is 4. The molecule has 164 valence electrons. The molecular formula is C20H28N4O6. The van der Waals surface area contributed by atoms with Crippen LogP contribution < -0.4 is 21.3 Å². The maximum atomic E-state index is 12.3. The minimum atomic E-state index is -0.473. The molecule has 2 heterocycles. The smallest absolute Gasteiger partial charge is 0.309 e. The summed E-state index contributed by atoms with van der Waals surface area (Å²) in [4.78, 5) is 47.2. The second-order valence-electron chi connectivity index (χ2n) is 7.81. The van der Waals surface area contributed by atoms with Gasteiger partial charge >= 0.3 is 11.9 Å². The number of ether oxygens (including phenoxy) is 2. The van der Waals surface area contributed by atoms with Crippen LogP contribution in [0.3, 0.4) is 0 Å². The lowest BCUT2D eigenvalue weighted by Crippen LogP contribution is -2.39. The Morgan fingerprint density at radius 3 is 1.43 bits per heavy atom. The largest absolute Gasteiger partial charge is 0.459 e. The highest BCUT2D eigenvalue weighted by Gasteiger charge is 2.32. The highest BCUT2D eigenvalue weighted by Crippen LogP contribution is 2.30. The molecule has 3 aliphatic rings. The van der Waals surface area contributed by atoms with Gasteiger partial charge in [-0.05, 0) is 39.5 Å². The van der Waals surface area contributed by atoms with Gasteiger partial charge in [-0.3, -0.25) is 19.2 Å². The van der Waals surface area contributed by atoms with E-state index in [1.54, 1.807) is 12.4 Å². The van der Waals surface area contributed by atoms with Gasteiger partial charge in [-0.15, -0.1) is 0 Å². The standard InChI is InChI=1S/C20H28N4O6/c1-11(25)17-21-7-15(23-17)9-29-19(27)13-3-5-14(6-4-13)20(28)30-10-16-8-22-18(24-16)12(2)26/h7-8,13-14,17-18,21-24H,3-6,9-10H2,1-2H3/t13-,14-,17?,18?. The number of esters is 2. The number of ketones is 2. The summed E-state index contributed by atoms with van der Waals surface area (Å²) in [7, 11) is 0. The molecule has 0 aromatic carbocycles. The average molecular weight is 420 g/mol. The Balaban J connectivity index is 1.33. The van der Waals surface area contributed by atoms with E-state index in [0.717, 1.165) is 0 Å². The van der Waals surface area contributed by atoms with E-state index in [2.05, 4.69) is 21.3 Å². The van der Waals surface area contributed by atoms with Crippen molar-refractivity contribution < 1.29 is 28.7 Å². The van der Waals surface area contributed by atoms with Gasteiger partial charge in [-0.1, -0.05) is 0 Å². The third-order valence-electron chi connectivity index (χ3n) is 5.45. The Kier molecular flexibility index (Phi) is 6.96. The second-order valence-corrected chi connectivity index (χ2v) is 7.81. The molecule has 1 saturated carbocycles. The zero-order valence-electron chi connectivity index (χ0n) is 17.2. The molecule has 2 aliphatic heterocycles. The Morgan fingerprint density at radius 2 is 1.13 bits per heavy atom. The van der Waals surface area contributed by atoms with Gasteiger partial charge in [-0.2, -0.15) is 0 Å². The number of carbonyl (C=O) groups excluding carboxylic acids is 4. The predicted molar refractivity (Wildman–Crippen MR) is 105 cm³/mol. The summed E-state index contributed by atoms with van der Waals surface area (Å²) in [6.45, 7) is 3.10. The van der Waals surface area contributed by atoms with E-state index in [1.165, 1.54) is 13.8 Å². The van der Waals surface area contributed by atoms with E-state index in [0.29, 0.717) is 37.1 Å². The molecule has 0 saturated heterocycles. The fourth-order valence-corrected chi connectivity index (χ4v) is 3.61. The van der Waals surface area contributed by atoms with Gasteiger partial charge in [-0.25, -0.2) is 0 Å². The van der Waals surface area contributed by atoms with Crippen LogP contribution in [-0.2, 0) is 28.7 Å². The van der Waals surface area contributed by atoms with Gasteiger partial charge in [0.1, 0.15) is 13.2 Å². The zero-order chi connectivity index (χ0) is 21.7. The Bertz CT molecular complexity index is 705. The summed E-state index contributed by atoms with van der Waals surface area (Å²) in [5.41, 5.74) is 1.30. The fraction of sp³-hybridized carbons (Fsp3) is 0.600. The lowest BCUT2D eigenvalue weighted by Gasteiger charge is -2.26. The number of Topliss-reactive ketones (excluding diaryl/α,β-unsaturated/α-hetero) is 2. The van der Waals surface area contributed by atoms with Gasteiger partial charge in [0.25, 0.3) is 0 Å². The number of hydrogen-bond donors (Lipinski definition) is 4. The highest BCUT2D eigenvalue weighted by molar-refractivity contribution is 5.82. The SMILES string of the molecule is CC(=O)C1NC=C(COC(=O)[C@H]2CC[C@H](C(=O)OCC3=CNC(C(C)=O)N3)CC2)N1. The monoisotopic (exact) mass is 420 g/mol. The Hall–Kier alpha value is -3.04. The van der Waals surface area contributed by atoms with E-state index in [9.17, 15) is 19.2 Å². The van der Waals surface area contributed by atoms with Crippen LogP contribution in [0.5, 0.6) is 0 Å². The first-order valence-corrected chi connectivity index (χ1v) is 10.1. The van der Waals surface area contributed by atoms with Crippen molar-refractivity contribution in [2.75, 3.05) is 13.2 Å². The summed E-state index contributed by atoms with van der Waals surface area (Å²) >= 11 is 0. The summed E-state index contributed by atoms with van der Waals surface area (Å²) in [6.07, 6.45) is 4.58. The van der Waals surface area contributed by atoms with Gasteiger partial charge < -0.3 is 30.7 Å². The van der Waals surface area contributed by atoms with E-state index in [4.69, 9.17) is 9.47 Å². The third kappa shape index (κ3) is 5.52. The Morgan fingerprint density at radius 1 is 0.767 bits per heavy atom. The molecule has 0 spiro atoms. The number of carbonyl (C=O) groups is 4. The molecule has 1 aliphatic carbocycles. The molecule has 30 heavy (non-hydrogen) atoms. The fourth-order valence-electron chi connectivity index (χ4n) is 3.61. The topological polar surface area (TPSA) is 135 Å². The molecule has 10 nitrogen and oxygen atoms in total. The molecule has 0 amide bonds. The molecule has 0 aromatic rings. The zero-order valence-corrected chi connectivity index (χ0v) is 17.2. The van der Waals surface area contributed by atoms with Crippen molar-refractivity contribution >= 4 is 23.5 Å². The maximum Gasteiger partial charge on any atom is 0.309 e. The van der Waals surface area contributed by atoms with Crippen LogP contribution in [0.1, 0.15) is 39.5 Å². The molecule has 0 bridgehead atoms. The van der Waals surface area contributed by atoms with Crippen molar-refractivity contribution in [2.24, 2.45) is 11.8 Å². The van der Waals surface area contributed by atoms with Crippen LogP contribution >= 0.6 is 0 Å². The van der Waals surface area contributed by atoms with Crippen LogP contribution in [0.4, 0.5) is 0 Å². The lowest BCUT2D eigenvalue weighted by atomic mass is 9.82. The molecule has 4 N–H and O–H groups in total. The molecule has 1 fully saturated rings. The van der Waals surface area contributed by atoms with Crippen LogP contribution in [0.25, 0.3) is 0 Å². The predicted octanol–water partition coefficient (Wildman–Crippen LogP) is -0.222. The third-order valence-corrected chi connectivity index (χ3v) is 5.45. The van der Waals surface area contributed by atoms with Crippen molar-refractivity contribution in [3.63, 3.8) is 0 Å². The minimum Gasteiger partial charge on any atom is -0.459 e. The first kappa shape index (κ1) is 21.7. The first-order chi connectivity index (χ1) is 14.3. The van der Waals surface area contributed by atoms with Gasteiger partial charge in [0.05, 0.1) is 23.2 Å². The van der Waals surface area contributed by atoms with Crippen LogP contribution in [0.2, 0.25) is 0 Å². The van der Waals surface area contributed by atoms with Crippen LogP contribution in [0.15, 0.2) is 23.8 Å². The molecular weight excluding hydrogens is 392 g/mol. The summed E-state index contributed by atoms with van der Waals surface area (Å²) in [5.74, 6) is -1.17. The molecule has 3 rings (SSSR count). The molecule has 10 heteroatoms. The van der Waals surface area contributed by atoms with Crippen molar-refractivity contribution in [3.8, 4) is 0 Å². The second kappa shape index (κ2) is 9.64. The molecule has 2 unspecified atom stereocenters. The summed E-state index contributed by atoms with van der Waals surface area (Å²) < 4.78 is 10.7. The normalized spacial score (nSPS) is 27.4. The molecule has 0 aromatic heterocycles. The van der Waals surface area contributed by atoms with Crippen molar-refractivity contribution in [1.29, 1.82) is 0 Å². The van der Waals surface area contributed by atoms with Gasteiger partial charge in [0, 0.05) is 12.4 Å². The summed E-state index contributed by atoms with van der Waals surface area (Å²) in [6, 6.07) is 0. The van der Waals surface area contributed by atoms with Crippen LogP contribution in [-0.4, -0.2) is 49.1 Å². The lowest BCUT2D eigenvalue weighted by molar-refractivity contribution is -0.154. The van der Waals surface area contributed by atoms with Crippen molar-refractivity contribution in [2.45, 2.75) is 51.9 Å². The van der Waals surface area contributed by atoms with E-state index >= 15 is 0 Å². The van der Waals surface area contributed by atoms with E-state index in [-0.39, 0.29) is 48.6 Å². The maximum absolute atomic E-state index is 12.3. The van der Waals surface area contributed by atoms with Crippen LogP contribution in [0, 0.1) is 11.8 Å². The number of rotatable bonds is 8. The summed E-state index contributed by atoms with van der Waals surface area (Å²) in [5, 5.41) is 11.6.